The molecule has 50 heteroatoms. The number of hydrogen-bond acceptors (Lipinski definition) is 31. The number of phosphoric ester groups is 1. The first kappa shape index (κ1) is 77.0. The minimum absolute atomic E-state index is 0.254. The van der Waals surface area contributed by atoms with E-state index in [4.69, 9.17) is 65.7 Å². The Bertz CT molecular complexity index is 3630. The van der Waals surface area contributed by atoms with Crippen LogP contribution in [-0.4, -0.2) is 201 Å². The molecule has 9 rings (SSSR count). The van der Waals surface area contributed by atoms with Crippen LogP contribution in [0.25, 0.3) is 0 Å². The number of aromatic nitrogens is 4. The summed E-state index contributed by atoms with van der Waals surface area (Å²) in [5.41, 5.74) is 0.289. The van der Waals surface area contributed by atoms with Gasteiger partial charge in [-0.3, -0.25) is 37.4 Å². The van der Waals surface area contributed by atoms with Gasteiger partial charge in [0.1, 0.15) is 97.7 Å². The van der Waals surface area contributed by atoms with Gasteiger partial charge in [0.2, 0.25) is 22.2 Å². The van der Waals surface area contributed by atoms with Gasteiger partial charge in [0.05, 0.1) is 26.4 Å². The Hall–Kier alpha value is -3.05. The van der Waals surface area contributed by atoms with Crippen LogP contribution in [0.2, 0.25) is 0 Å². The molecule has 41 nitrogen and oxygen atoms in total. The van der Waals surface area contributed by atoms with Gasteiger partial charge in [-0.1, -0.05) is 0 Å². The summed E-state index contributed by atoms with van der Waals surface area (Å²) in [6.07, 6.45) is -17.4. The molecule has 4 aromatic heterocycles. The number of aliphatic hydroxyl groups excluding tert-OH is 9. The second-order valence-corrected chi connectivity index (χ2v) is 34.2. The molecule has 5 aliphatic heterocycles. The molecule has 4 aromatic rings. The molecule has 5 aliphatic rings. The average molecular weight is 1490 g/mol. The first-order valence-corrected chi connectivity index (χ1v) is 38.1. The van der Waals surface area contributed by atoms with Gasteiger partial charge in [0.15, 0.2) is 5.90 Å². The summed E-state index contributed by atoms with van der Waals surface area (Å²) in [5.74, 6) is -1.17. The quantitative estimate of drug-likeness (QED) is 0.0509. The maximum atomic E-state index is 12.4. The van der Waals surface area contributed by atoms with Crippen molar-refractivity contribution in [3.8, 4) is 0 Å². The van der Waals surface area contributed by atoms with E-state index < -0.39 is 175 Å². The SMILES string of the molecule is O=c1ccc([C@@H]2O[C@H](CO)C(O)[C@@H]2O)c[nH]1.O=c1ccc([C@@H]2O[C@H](COP(=O)(Cl)Cl)C(O)[C@@H]2O)c[nH]1.O=c1ccc([C@@H]2O[C@H](COP(=O)(O)OP(=O)(O)OP(=O)(O)O)C(O)[C@@H]2O)c[nH]1.O=c1ccc([C@@H]2O[C@H](COP3(=O)CP(=O)(O)OP(=O)(O)O3)C(O)[C@@H]2O)c[nH]1. The number of phosphoric acid groups is 4. The number of pyridine rings is 4. The summed E-state index contributed by atoms with van der Waals surface area (Å²) >= 11 is 10.5. The molecule has 19 N–H and O–H groups in total. The molecule has 21 atom stereocenters. The van der Waals surface area contributed by atoms with Gasteiger partial charge in [-0.05, 0) is 69.0 Å². The third-order valence-corrected chi connectivity index (χ3v) is 24.5. The van der Waals surface area contributed by atoms with Crippen LogP contribution in [0.15, 0.2) is 92.5 Å². The first-order chi connectivity index (χ1) is 42.0. The average Bonchev–Trinajstić information content (AvgIpc) is 1.04. The highest BCUT2D eigenvalue weighted by Gasteiger charge is 2.54. The summed E-state index contributed by atoms with van der Waals surface area (Å²) < 4.78 is 130. The molecular weight excluding hydrogens is 1430 g/mol. The number of halogens is 2. The summed E-state index contributed by atoms with van der Waals surface area (Å²) in [6, 6.07) is 10.6. The molecule has 9 unspecified atom stereocenters. The number of hydrogen-bond donors (Lipinski definition) is 19. The van der Waals surface area contributed by atoms with Crippen LogP contribution in [0, 0.1) is 0 Å². The smallest absolute Gasteiger partial charge is 0.394 e. The highest BCUT2D eigenvalue weighted by atomic mass is 35.9. The summed E-state index contributed by atoms with van der Waals surface area (Å²) in [5, 5.41) is 88.1. The van der Waals surface area contributed by atoms with Gasteiger partial charge in [0.25, 0.3) is 0 Å². The number of aromatic amines is 4. The van der Waals surface area contributed by atoms with Crippen molar-refractivity contribution in [1.29, 1.82) is 0 Å². The molecule has 512 valence electrons. The van der Waals surface area contributed by atoms with E-state index in [0.717, 1.165) is 6.07 Å². The van der Waals surface area contributed by atoms with E-state index in [2.05, 4.69) is 46.2 Å². The lowest BCUT2D eigenvalue weighted by molar-refractivity contribution is -0.0228. The standard InChI is InChI=1S/C11H16NO12P3.C10H12Cl2NO6P.C10H16NO14P3.C10H13NO5/c13-8-2-1-6(3-12-8)11-10(15)9(14)7(22-11)4-21-26(18)5-25(16,17)23-27(19,20)24-26;11-20(12,17)18-4-6-8(15)9(16)10(19-6)5-1-2-7(14)13-3-5;12-7-2-1-5(3-11-7)10-9(14)8(13)6(23-10)4-22-27(18,19)25-28(20,21)24-26(15,16)17;12-4-6-8(14)9(15)10(16-6)5-1-2-7(13)11-3-5/h1-3,7,9-11,14-15H,4-5H2,(H,12,13)(H,16,17)(H,19,20);1-3,6,8-10,15-16H,4H2,(H,13,14);1-3,6,8-10,13-14H,4H2,(H,11,12)(H,18,19)(H,20,21)(H2,15,16,17);1-3,6,8-10,12,14-15H,4H2,(H,11,13)/t7-,9?,10+,11+,26?;3*6-,8?,9+,10+/m1111/s1. The van der Waals surface area contributed by atoms with Crippen molar-refractivity contribution in [2.45, 2.75) is 97.7 Å². The van der Waals surface area contributed by atoms with Crippen LogP contribution in [0.1, 0.15) is 46.7 Å². The second-order valence-electron chi connectivity index (χ2n) is 19.3. The van der Waals surface area contributed by atoms with Gasteiger partial charge < -0.3 is 123 Å². The van der Waals surface area contributed by atoms with Crippen molar-refractivity contribution in [2.24, 2.45) is 0 Å². The fraction of sp³-hybridized carbons (Fsp3) is 0.512. The van der Waals surface area contributed by atoms with Crippen LogP contribution in [0.4, 0.5) is 0 Å². The molecule has 5 fully saturated rings. The largest absolute Gasteiger partial charge is 0.490 e. The Morgan fingerprint density at radius 2 is 0.802 bits per heavy atom. The fourth-order valence-corrected chi connectivity index (χ4v) is 19.2. The molecular formula is C41H57Cl2N4O37P7. The van der Waals surface area contributed by atoms with E-state index in [1.165, 1.54) is 67.3 Å². The molecule has 0 spiro atoms. The van der Waals surface area contributed by atoms with Crippen LogP contribution in [0.5, 0.6) is 0 Å². The third kappa shape index (κ3) is 22.5. The van der Waals surface area contributed by atoms with Gasteiger partial charge >= 0.3 is 52.6 Å². The lowest BCUT2D eigenvalue weighted by atomic mass is 10.0. The lowest BCUT2D eigenvalue weighted by Gasteiger charge is -2.28. The van der Waals surface area contributed by atoms with E-state index >= 15 is 0 Å². The van der Waals surface area contributed by atoms with Crippen LogP contribution >= 0.6 is 75.0 Å². The molecule has 9 heterocycles. The predicted octanol–water partition coefficient (Wildman–Crippen LogP) is -1.42. The van der Waals surface area contributed by atoms with Gasteiger partial charge in [0, 0.05) is 49.1 Å². The summed E-state index contributed by atoms with van der Waals surface area (Å²) in [7, 11) is -30.9. The molecule has 5 saturated heterocycles. The van der Waals surface area contributed by atoms with Crippen molar-refractivity contribution in [3.63, 3.8) is 0 Å². The highest BCUT2D eigenvalue weighted by molar-refractivity contribution is 8.05. The van der Waals surface area contributed by atoms with Gasteiger partial charge in [-0.2, -0.15) is 8.62 Å². The molecule has 0 radical (unpaired) electrons. The first-order valence-electron chi connectivity index (χ1n) is 25.1. The molecule has 0 aromatic carbocycles. The lowest BCUT2D eigenvalue weighted by Crippen LogP contribution is -2.33. The topological polar surface area (TPSA) is 656 Å². The monoisotopic (exact) mass is 1480 g/mol. The normalized spacial score (nSPS) is 35.3. The number of ether oxygens (including phenoxy) is 4. The van der Waals surface area contributed by atoms with Crippen LogP contribution in [0.3, 0.4) is 0 Å². The number of rotatable bonds is 18. The molecule has 0 bridgehead atoms. The van der Waals surface area contributed by atoms with E-state index in [0.29, 0.717) is 16.7 Å². The van der Waals surface area contributed by atoms with Crippen molar-refractivity contribution >= 4 is 75.0 Å². The zero-order valence-electron chi connectivity index (χ0n) is 45.3. The molecule has 0 aliphatic carbocycles. The van der Waals surface area contributed by atoms with E-state index in [-0.39, 0.29) is 35.5 Å². The number of nitrogens with one attached hydrogen (secondary N) is 4. The third-order valence-electron chi connectivity index (χ3n) is 12.6. The van der Waals surface area contributed by atoms with Crippen molar-refractivity contribution in [2.75, 3.05) is 32.3 Å². The summed E-state index contributed by atoms with van der Waals surface area (Å²) in [4.78, 5) is 107. The number of H-pyrrole nitrogens is 4. The Kier molecular flexibility index (Phi) is 26.6. The minimum Gasteiger partial charge on any atom is -0.394 e. The predicted molar refractivity (Wildman–Crippen MR) is 299 cm³/mol. The number of aliphatic hydroxyl groups is 9. The maximum absolute atomic E-state index is 12.4. The maximum Gasteiger partial charge on any atom is 0.490 e. The van der Waals surface area contributed by atoms with Crippen LogP contribution < -0.4 is 22.2 Å². The van der Waals surface area contributed by atoms with E-state index in [9.17, 15) is 107 Å². The Labute approximate surface area is 517 Å². The molecule has 0 amide bonds. The molecule has 91 heavy (non-hydrogen) atoms. The zero-order chi connectivity index (χ0) is 68.0. The van der Waals surface area contributed by atoms with Gasteiger partial charge in [-0.15, -0.1) is 0 Å². The van der Waals surface area contributed by atoms with E-state index in [1.54, 1.807) is 0 Å². The Morgan fingerprint density at radius 3 is 1.10 bits per heavy atom. The minimum atomic E-state index is -5.68. The fourth-order valence-electron chi connectivity index (χ4n) is 8.55. The Morgan fingerprint density at radius 1 is 0.473 bits per heavy atom. The summed E-state index contributed by atoms with van der Waals surface area (Å²) in [6.45, 7) is -2.31. The molecule has 0 saturated carbocycles. The zero-order valence-corrected chi connectivity index (χ0v) is 53.1. The van der Waals surface area contributed by atoms with Gasteiger partial charge in [-0.25, -0.2) is 26.9 Å². The Balaban J connectivity index is 0.000000197. The highest BCUT2D eigenvalue weighted by Crippen LogP contribution is 2.78. The van der Waals surface area contributed by atoms with Crippen molar-refractivity contribution < 1.29 is 157 Å². The van der Waals surface area contributed by atoms with Crippen molar-refractivity contribution in [1.82, 2.24) is 19.9 Å². The van der Waals surface area contributed by atoms with Crippen LogP contribution in [-0.2, 0) is 81.7 Å². The second kappa shape index (κ2) is 31.4. The van der Waals surface area contributed by atoms with E-state index in [1.807, 2.05) is 0 Å². The van der Waals surface area contributed by atoms with Crippen molar-refractivity contribution in [3.05, 3.63) is 137 Å².